The van der Waals surface area contributed by atoms with E-state index in [-0.39, 0.29) is 5.75 Å². The van der Waals surface area contributed by atoms with E-state index >= 15 is 4.39 Å². The van der Waals surface area contributed by atoms with Gasteiger partial charge in [-0.3, -0.25) is 13.6 Å². The molecule has 0 radical (unpaired) electrons. The van der Waals surface area contributed by atoms with Crippen LogP contribution in [0.5, 0.6) is 5.75 Å². The molecular weight excluding hydrogens is 545 g/mol. The normalized spacial score (nSPS) is 24.8. The summed E-state index contributed by atoms with van der Waals surface area (Å²) in [6.07, 6.45) is -6.88. The third-order valence-corrected chi connectivity index (χ3v) is 6.59. The summed E-state index contributed by atoms with van der Waals surface area (Å²) in [7, 11) is -4.66. The number of halogens is 2. The van der Waals surface area contributed by atoms with Crippen LogP contribution in [-0.2, 0) is 27.9 Å². The van der Waals surface area contributed by atoms with Crippen molar-refractivity contribution in [2.45, 2.75) is 57.1 Å². The molecule has 39 heavy (non-hydrogen) atoms. The molecule has 0 bridgehead atoms. The summed E-state index contributed by atoms with van der Waals surface area (Å²) >= 11 is 0. The minimum atomic E-state index is -4.66. The van der Waals surface area contributed by atoms with Gasteiger partial charge in [-0.05, 0) is 32.9 Å². The van der Waals surface area contributed by atoms with Crippen LogP contribution in [-0.4, -0.2) is 69.0 Å². The number of carbonyl (C=O) groups excluding carboxylic acids is 1. The lowest BCUT2D eigenvalue weighted by Gasteiger charge is -2.24. The Balaban J connectivity index is 1.88. The Hall–Kier alpha value is -3.41. The molecule has 1 aliphatic heterocycles. The number of para-hydroxylation sites is 1. The van der Waals surface area contributed by atoms with Gasteiger partial charge in [-0.15, -0.1) is 0 Å². The first kappa shape index (κ1) is 30.1. The predicted molar refractivity (Wildman–Crippen MR) is 131 cm³/mol. The monoisotopic (exact) mass is 572 g/mol. The number of nitrogens with zero attached hydrogens (tertiary/aromatic N) is 3. The minimum absolute atomic E-state index is 0.0373. The standard InChI is InChI=1S/C23H27F2N4O9P/c1-14(2)35-19(31)15(3)37-39(33,38-16-8-5-4-6-9-16)34-12-17-18(30)23(25,10-7-11-24)20(36-17)29-13-27-21(26)28-22(29)32/h4-6,8-9,13-15,17-18,20,30H,11-12H2,1-3H3,(H2,26,28,32)/t15-,17+,18?,20+,23+,39?/m0/s1. The summed E-state index contributed by atoms with van der Waals surface area (Å²) in [5.74, 6) is 2.55. The third-order valence-electron chi connectivity index (χ3n) is 5.12. The summed E-state index contributed by atoms with van der Waals surface area (Å²) in [6.45, 7) is 2.34. The van der Waals surface area contributed by atoms with Crippen LogP contribution >= 0.6 is 7.82 Å². The number of esters is 1. The molecule has 0 saturated carbocycles. The fourth-order valence-corrected chi connectivity index (χ4v) is 4.73. The van der Waals surface area contributed by atoms with Gasteiger partial charge in [0, 0.05) is 0 Å². The van der Waals surface area contributed by atoms with E-state index in [1.54, 1.807) is 32.0 Å². The number of hydrogen-bond acceptors (Lipinski definition) is 12. The van der Waals surface area contributed by atoms with Crippen LogP contribution in [0.3, 0.4) is 0 Å². The number of phosphoric acid groups is 1. The lowest BCUT2D eigenvalue weighted by atomic mass is 9.96. The molecule has 16 heteroatoms. The molecule has 13 nitrogen and oxygen atoms in total. The van der Waals surface area contributed by atoms with Crippen molar-refractivity contribution in [1.29, 1.82) is 0 Å². The Kier molecular flexibility index (Phi) is 9.76. The second-order valence-corrected chi connectivity index (χ2v) is 10.0. The quantitative estimate of drug-likeness (QED) is 0.240. The number of hydrogen-bond donors (Lipinski definition) is 2. The fraction of sp³-hybridized carbons (Fsp3) is 0.478. The first-order valence-corrected chi connectivity index (χ1v) is 13.0. The molecule has 0 spiro atoms. The van der Waals surface area contributed by atoms with Crippen LogP contribution in [0.15, 0.2) is 41.5 Å². The van der Waals surface area contributed by atoms with Gasteiger partial charge in [-0.2, -0.15) is 4.98 Å². The van der Waals surface area contributed by atoms with Crippen molar-refractivity contribution < 1.29 is 46.3 Å². The molecular formula is C23H27F2N4O9P. The Bertz CT molecular complexity index is 1320. The maximum Gasteiger partial charge on any atom is 0.530 e. The number of phosphoric ester groups is 1. The van der Waals surface area contributed by atoms with Gasteiger partial charge >= 0.3 is 19.5 Å². The van der Waals surface area contributed by atoms with Crippen molar-refractivity contribution in [3.63, 3.8) is 0 Å². The molecule has 2 heterocycles. The highest BCUT2D eigenvalue weighted by Gasteiger charge is 2.58. The molecule has 2 aromatic rings. The molecule has 3 N–H and O–H groups in total. The molecule has 1 aromatic carbocycles. The smallest absolute Gasteiger partial charge is 0.461 e. The van der Waals surface area contributed by atoms with Gasteiger partial charge < -0.3 is 24.8 Å². The Morgan fingerprint density at radius 3 is 2.64 bits per heavy atom. The number of aliphatic hydroxyl groups excluding tert-OH is 1. The van der Waals surface area contributed by atoms with Crippen molar-refractivity contribution in [2.24, 2.45) is 0 Å². The molecule has 1 aromatic heterocycles. The SMILES string of the molecule is CC(C)OC(=O)[C@H](C)OP(=O)(OC[C@H]1O[C@@H](n2cnc(N)nc2=O)[C@@](F)(C#CCF)C1O)Oc1ccccc1. The first-order chi connectivity index (χ1) is 18.4. The van der Waals surface area contributed by atoms with Crippen LogP contribution in [0.2, 0.25) is 0 Å². The molecule has 0 amide bonds. The van der Waals surface area contributed by atoms with Crippen molar-refractivity contribution >= 4 is 19.7 Å². The first-order valence-electron chi connectivity index (χ1n) is 11.6. The number of alkyl halides is 2. The molecule has 2 unspecified atom stereocenters. The lowest BCUT2D eigenvalue weighted by molar-refractivity contribution is -0.156. The molecule has 212 valence electrons. The number of ether oxygens (including phenoxy) is 2. The summed E-state index contributed by atoms with van der Waals surface area (Å²) < 4.78 is 69.4. The van der Waals surface area contributed by atoms with Gasteiger partial charge in [0.05, 0.1) is 12.7 Å². The number of aliphatic hydroxyl groups is 1. The van der Waals surface area contributed by atoms with Gasteiger partial charge in [-0.25, -0.2) is 27.9 Å². The zero-order valence-corrected chi connectivity index (χ0v) is 22.0. The van der Waals surface area contributed by atoms with E-state index in [4.69, 9.17) is 28.8 Å². The van der Waals surface area contributed by atoms with E-state index in [1.165, 1.54) is 19.1 Å². The van der Waals surface area contributed by atoms with E-state index in [0.29, 0.717) is 4.57 Å². The predicted octanol–water partition coefficient (Wildman–Crippen LogP) is 1.72. The number of nitrogens with two attached hydrogens (primary N) is 1. The molecule has 1 saturated heterocycles. The second-order valence-electron chi connectivity index (χ2n) is 8.46. The highest BCUT2D eigenvalue weighted by Crippen LogP contribution is 2.52. The van der Waals surface area contributed by atoms with Crippen molar-refractivity contribution in [1.82, 2.24) is 14.5 Å². The number of nitrogen functional groups attached to an aromatic ring is 1. The van der Waals surface area contributed by atoms with E-state index < -0.39 is 75.0 Å². The number of carbonyl (C=O) groups is 1. The molecule has 6 atom stereocenters. The van der Waals surface area contributed by atoms with Crippen LogP contribution in [0.4, 0.5) is 14.7 Å². The van der Waals surface area contributed by atoms with Crippen LogP contribution in [0, 0.1) is 11.8 Å². The van der Waals surface area contributed by atoms with Crippen LogP contribution in [0.25, 0.3) is 0 Å². The fourth-order valence-electron chi connectivity index (χ4n) is 3.39. The second kappa shape index (κ2) is 12.6. The highest BCUT2D eigenvalue weighted by atomic mass is 31.2. The maximum atomic E-state index is 16.0. The Labute approximate surface area is 221 Å². The topological polar surface area (TPSA) is 174 Å². The zero-order chi connectivity index (χ0) is 28.8. The van der Waals surface area contributed by atoms with Crippen LogP contribution < -0.4 is 15.9 Å². The van der Waals surface area contributed by atoms with Crippen molar-refractivity contribution in [2.75, 3.05) is 19.0 Å². The number of aromatic nitrogens is 3. The van der Waals surface area contributed by atoms with E-state index in [0.717, 1.165) is 6.33 Å². The summed E-state index contributed by atoms with van der Waals surface area (Å²) in [6, 6.07) is 7.66. The van der Waals surface area contributed by atoms with Gasteiger partial charge in [0.1, 0.15) is 31.0 Å². The zero-order valence-electron chi connectivity index (χ0n) is 21.1. The van der Waals surface area contributed by atoms with E-state index in [9.17, 15) is 23.7 Å². The number of anilines is 1. The molecule has 1 aliphatic rings. The van der Waals surface area contributed by atoms with E-state index in [1.807, 2.05) is 11.8 Å². The average molecular weight is 572 g/mol. The summed E-state index contributed by atoms with van der Waals surface area (Å²) in [5.41, 5.74) is 1.22. The Morgan fingerprint density at radius 1 is 1.33 bits per heavy atom. The molecule has 0 aliphatic carbocycles. The van der Waals surface area contributed by atoms with Gasteiger partial charge in [0.15, 0.2) is 12.3 Å². The molecule has 3 rings (SSSR count). The van der Waals surface area contributed by atoms with Crippen molar-refractivity contribution in [3.05, 3.63) is 47.1 Å². The maximum absolute atomic E-state index is 16.0. The third kappa shape index (κ3) is 7.37. The van der Waals surface area contributed by atoms with E-state index in [2.05, 4.69) is 9.97 Å². The average Bonchev–Trinajstić information content (AvgIpc) is 3.11. The lowest BCUT2D eigenvalue weighted by Crippen LogP contribution is -2.44. The summed E-state index contributed by atoms with van der Waals surface area (Å²) in [5, 5.41) is 10.7. The Morgan fingerprint density at radius 2 is 2.03 bits per heavy atom. The summed E-state index contributed by atoms with van der Waals surface area (Å²) in [4.78, 5) is 31.5. The highest BCUT2D eigenvalue weighted by molar-refractivity contribution is 7.49. The molecule has 1 fully saturated rings. The van der Waals surface area contributed by atoms with Crippen LogP contribution in [0.1, 0.15) is 27.0 Å². The van der Waals surface area contributed by atoms with Gasteiger partial charge in [-0.1, -0.05) is 30.0 Å². The number of benzene rings is 1. The van der Waals surface area contributed by atoms with Gasteiger partial charge in [0.2, 0.25) is 11.6 Å². The van der Waals surface area contributed by atoms with Gasteiger partial charge in [0.25, 0.3) is 0 Å². The minimum Gasteiger partial charge on any atom is -0.461 e. The van der Waals surface area contributed by atoms with Crippen molar-refractivity contribution in [3.8, 4) is 17.6 Å². The number of rotatable bonds is 10. The largest absolute Gasteiger partial charge is 0.530 e.